The average molecular weight is 457 g/mol. The summed E-state index contributed by atoms with van der Waals surface area (Å²) in [5.41, 5.74) is 4.60. The highest BCUT2D eigenvalue weighted by Crippen LogP contribution is 2.29. The van der Waals surface area contributed by atoms with E-state index in [9.17, 15) is 5.11 Å². The van der Waals surface area contributed by atoms with E-state index in [0.717, 1.165) is 63.0 Å². The summed E-state index contributed by atoms with van der Waals surface area (Å²) < 4.78 is 22.4. The van der Waals surface area contributed by atoms with Crippen molar-refractivity contribution in [2.75, 3.05) is 82.7 Å². The monoisotopic (exact) mass is 456 g/mol. The summed E-state index contributed by atoms with van der Waals surface area (Å²) in [5, 5.41) is 14.1. The van der Waals surface area contributed by atoms with E-state index in [1.165, 1.54) is 0 Å². The molecule has 0 amide bonds. The Labute approximate surface area is 191 Å². The summed E-state index contributed by atoms with van der Waals surface area (Å²) in [5.74, 6) is 2.07. The van der Waals surface area contributed by atoms with Crippen molar-refractivity contribution in [3.05, 3.63) is 29.8 Å². The summed E-state index contributed by atoms with van der Waals surface area (Å²) >= 11 is 0. The van der Waals surface area contributed by atoms with Crippen molar-refractivity contribution in [1.82, 2.24) is 14.9 Å². The largest absolute Gasteiger partial charge is 0.508 e. The Kier molecular flexibility index (Phi) is 6.70. The first-order chi connectivity index (χ1) is 16.2. The van der Waals surface area contributed by atoms with E-state index in [0.29, 0.717) is 44.0 Å². The first kappa shape index (κ1) is 21.7. The number of benzene rings is 1. The van der Waals surface area contributed by atoms with Crippen LogP contribution in [-0.4, -0.2) is 98.1 Å². The molecular weight excluding hydrogens is 428 g/mol. The topological polar surface area (TPSA) is 114 Å². The lowest BCUT2D eigenvalue weighted by molar-refractivity contribution is 0.0317. The zero-order valence-electron chi connectivity index (χ0n) is 18.4. The standard InChI is InChI=1S/C22H28N6O5/c29-16-1-2-17-18(15-33-19(17)13-16)25-26-20-14-21(28-6-10-31-11-7-28)24-22(23-20)32-12-5-27-3-8-30-9-4-27/h1-2,13-14,29H,3-12,15H2,(H,23,24,26)/b25-18-. The number of phenolic OH excluding ortho intramolecular Hbond substituents is 1. The van der Waals surface area contributed by atoms with Gasteiger partial charge in [-0.25, -0.2) is 0 Å². The number of morpholine rings is 2. The van der Waals surface area contributed by atoms with Gasteiger partial charge in [0, 0.05) is 50.4 Å². The van der Waals surface area contributed by atoms with Gasteiger partial charge < -0.3 is 29.0 Å². The van der Waals surface area contributed by atoms with Gasteiger partial charge in [-0.1, -0.05) is 0 Å². The van der Waals surface area contributed by atoms with Gasteiger partial charge in [-0.05, 0) is 12.1 Å². The molecule has 4 heterocycles. The molecule has 33 heavy (non-hydrogen) atoms. The smallest absolute Gasteiger partial charge is 0.320 e. The van der Waals surface area contributed by atoms with E-state index in [4.69, 9.17) is 18.9 Å². The van der Waals surface area contributed by atoms with Crippen molar-refractivity contribution in [2.24, 2.45) is 5.10 Å². The maximum absolute atomic E-state index is 9.64. The fourth-order valence-corrected chi connectivity index (χ4v) is 3.89. The fourth-order valence-electron chi connectivity index (χ4n) is 3.89. The lowest BCUT2D eigenvalue weighted by Crippen LogP contribution is -2.39. The van der Waals surface area contributed by atoms with Crippen molar-refractivity contribution < 1.29 is 24.1 Å². The average Bonchev–Trinajstić information content (AvgIpc) is 3.26. The highest BCUT2D eigenvalue weighted by Gasteiger charge is 2.21. The second kappa shape index (κ2) is 10.2. The van der Waals surface area contributed by atoms with E-state index in [1.54, 1.807) is 18.2 Å². The van der Waals surface area contributed by atoms with E-state index in [2.05, 4.69) is 30.3 Å². The number of nitrogens with zero attached hydrogens (tertiary/aromatic N) is 5. The molecule has 11 nitrogen and oxygen atoms in total. The molecule has 1 aromatic carbocycles. The van der Waals surface area contributed by atoms with Crippen molar-refractivity contribution >= 4 is 17.3 Å². The number of hydrazone groups is 1. The van der Waals surface area contributed by atoms with E-state index in [1.807, 2.05) is 6.07 Å². The van der Waals surface area contributed by atoms with Gasteiger partial charge in [-0.15, -0.1) is 0 Å². The zero-order chi connectivity index (χ0) is 22.5. The number of fused-ring (bicyclic) bond motifs is 1. The third-order valence-corrected chi connectivity index (χ3v) is 5.72. The second-order valence-electron chi connectivity index (χ2n) is 7.94. The molecule has 5 rings (SSSR count). The number of nitrogens with one attached hydrogen (secondary N) is 1. The molecule has 2 aromatic rings. The van der Waals surface area contributed by atoms with Crippen LogP contribution >= 0.6 is 0 Å². The molecule has 11 heteroatoms. The van der Waals surface area contributed by atoms with Gasteiger partial charge >= 0.3 is 6.01 Å². The predicted molar refractivity (Wildman–Crippen MR) is 122 cm³/mol. The second-order valence-corrected chi connectivity index (χ2v) is 7.94. The maximum atomic E-state index is 9.64. The summed E-state index contributed by atoms with van der Waals surface area (Å²) in [6.07, 6.45) is 0. The number of aromatic nitrogens is 2. The highest BCUT2D eigenvalue weighted by molar-refractivity contribution is 6.06. The Balaban J connectivity index is 1.30. The number of ether oxygens (including phenoxy) is 4. The fraction of sp³-hybridized carbons (Fsp3) is 0.500. The molecule has 0 bridgehead atoms. The van der Waals surface area contributed by atoms with Gasteiger partial charge in [0.15, 0.2) is 5.82 Å². The Hall–Kier alpha value is -3.15. The summed E-state index contributed by atoms with van der Waals surface area (Å²) in [6.45, 7) is 7.74. The van der Waals surface area contributed by atoms with Crippen LogP contribution in [0.4, 0.5) is 11.6 Å². The number of phenols is 1. The van der Waals surface area contributed by atoms with E-state index in [-0.39, 0.29) is 5.75 Å². The maximum Gasteiger partial charge on any atom is 0.320 e. The third-order valence-electron chi connectivity index (χ3n) is 5.72. The third kappa shape index (κ3) is 5.44. The molecule has 0 saturated carbocycles. The molecular formula is C22H28N6O5. The van der Waals surface area contributed by atoms with Crippen molar-refractivity contribution in [3.8, 4) is 17.5 Å². The van der Waals surface area contributed by atoms with Crippen LogP contribution in [0.5, 0.6) is 17.5 Å². The Morgan fingerprint density at radius 3 is 2.64 bits per heavy atom. The van der Waals surface area contributed by atoms with Crippen LogP contribution < -0.4 is 19.8 Å². The summed E-state index contributed by atoms with van der Waals surface area (Å²) in [7, 11) is 0. The van der Waals surface area contributed by atoms with Crippen LogP contribution in [0.2, 0.25) is 0 Å². The Morgan fingerprint density at radius 2 is 1.82 bits per heavy atom. The minimum Gasteiger partial charge on any atom is -0.508 e. The van der Waals surface area contributed by atoms with Crippen LogP contribution in [-0.2, 0) is 9.47 Å². The molecule has 1 aromatic heterocycles. The Bertz CT molecular complexity index is 991. The molecule has 0 aliphatic carbocycles. The summed E-state index contributed by atoms with van der Waals surface area (Å²) in [6, 6.07) is 7.15. The van der Waals surface area contributed by atoms with E-state index >= 15 is 0 Å². The van der Waals surface area contributed by atoms with Crippen LogP contribution in [0.15, 0.2) is 29.4 Å². The Morgan fingerprint density at radius 1 is 1.03 bits per heavy atom. The lowest BCUT2D eigenvalue weighted by atomic mass is 10.1. The highest BCUT2D eigenvalue weighted by atomic mass is 16.5. The van der Waals surface area contributed by atoms with Gasteiger partial charge in [0.25, 0.3) is 0 Å². The number of aromatic hydroxyl groups is 1. The number of rotatable bonds is 7. The van der Waals surface area contributed by atoms with Crippen molar-refractivity contribution in [3.63, 3.8) is 0 Å². The number of hydrogen-bond acceptors (Lipinski definition) is 11. The van der Waals surface area contributed by atoms with Crippen molar-refractivity contribution in [1.29, 1.82) is 0 Å². The van der Waals surface area contributed by atoms with Gasteiger partial charge in [0.05, 0.1) is 26.4 Å². The predicted octanol–water partition coefficient (Wildman–Crippen LogP) is 0.938. The van der Waals surface area contributed by atoms with E-state index < -0.39 is 0 Å². The van der Waals surface area contributed by atoms with Gasteiger partial charge in [0.2, 0.25) is 0 Å². The van der Waals surface area contributed by atoms with Gasteiger partial charge in [-0.3, -0.25) is 10.3 Å². The summed E-state index contributed by atoms with van der Waals surface area (Å²) in [4.78, 5) is 13.6. The minimum absolute atomic E-state index is 0.160. The molecule has 0 atom stereocenters. The number of anilines is 2. The van der Waals surface area contributed by atoms with Gasteiger partial charge in [0.1, 0.15) is 36.2 Å². The normalized spacial score (nSPS) is 19.9. The molecule has 0 unspecified atom stereocenters. The first-order valence-corrected chi connectivity index (χ1v) is 11.2. The molecule has 2 N–H and O–H groups in total. The first-order valence-electron chi connectivity index (χ1n) is 11.2. The molecule has 0 spiro atoms. The van der Waals surface area contributed by atoms with Crippen LogP contribution in [0.3, 0.4) is 0 Å². The van der Waals surface area contributed by atoms with Crippen molar-refractivity contribution in [2.45, 2.75) is 0 Å². The molecule has 2 saturated heterocycles. The number of hydrogen-bond donors (Lipinski definition) is 2. The van der Waals surface area contributed by atoms with Crippen LogP contribution in [0.1, 0.15) is 5.56 Å². The minimum atomic E-state index is 0.160. The quantitative estimate of drug-likeness (QED) is 0.584. The van der Waals surface area contributed by atoms with Crippen LogP contribution in [0, 0.1) is 0 Å². The zero-order valence-corrected chi connectivity index (χ0v) is 18.4. The van der Waals surface area contributed by atoms with Crippen LogP contribution in [0.25, 0.3) is 0 Å². The molecule has 176 valence electrons. The molecule has 0 radical (unpaired) electrons. The lowest BCUT2D eigenvalue weighted by Gasteiger charge is -2.28. The molecule has 2 fully saturated rings. The SMILES string of the molecule is Oc1ccc2c(c1)OC/C2=N/Nc1cc(N2CCOCC2)nc(OCCN2CCOCC2)n1. The molecule has 3 aliphatic rings. The molecule has 3 aliphatic heterocycles. The van der Waals surface area contributed by atoms with Gasteiger partial charge in [-0.2, -0.15) is 15.1 Å².